The van der Waals surface area contributed by atoms with E-state index in [0.29, 0.717) is 41.7 Å². The first-order valence-corrected chi connectivity index (χ1v) is 21.6. The molecule has 4 heterocycles. The van der Waals surface area contributed by atoms with Crippen molar-refractivity contribution in [2.45, 2.75) is 222 Å². The molecule has 0 radical (unpaired) electrons. The fourth-order valence-electron chi connectivity index (χ4n) is 8.55. The largest absolute Gasteiger partial charge is 0.377 e. The third kappa shape index (κ3) is 16.6. The van der Waals surface area contributed by atoms with Gasteiger partial charge in [0.25, 0.3) is 0 Å². The Morgan fingerprint density at radius 1 is 0.259 bits per heavy atom. The SMILES string of the molecule is CC(C)(C)C1CCCOC1C(C)(C)C.CC(C)(C)C1CCOC1C(C)(C)C.CC(C)(C)C1OCCOC1C(C)(C)C.CC(C)(C)C1OCOC1C(C)(C)C. The highest BCUT2D eigenvalue weighted by Crippen LogP contribution is 2.45. The van der Waals surface area contributed by atoms with Crippen LogP contribution in [0.5, 0.6) is 0 Å². The van der Waals surface area contributed by atoms with Crippen LogP contribution in [0.25, 0.3) is 0 Å². The minimum atomic E-state index is 0.151. The lowest BCUT2D eigenvalue weighted by Gasteiger charge is -2.46. The summed E-state index contributed by atoms with van der Waals surface area (Å²) in [6, 6.07) is 0. The van der Waals surface area contributed by atoms with Gasteiger partial charge in [0, 0.05) is 13.2 Å². The van der Waals surface area contributed by atoms with Crippen molar-refractivity contribution in [2.75, 3.05) is 33.2 Å². The van der Waals surface area contributed by atoms with Crippen molar-refractivity contribution in [3.8, 4) is 0 Å². The van der Waals surface area contributed by atoms with Gasteiger partial charge in [-0.25, -0.2) is 0 Å². The maximum Gasteiger partial charge on any atom is 0.147 e. The molecule has 0 amide bonds. The Balaban J connectivity index is 0.000000360. The average Bonchev–Trinajstić information content (AvgIpc) is 3.68. The summed E-state index contributed by atoms with van der Waals surface area (Å²) in [7, 11) is 0. The lowest BCUT2D eigenvalue weighted by Crippen LogP contribution is -2.52. The molecule has 0 aromatic rings. The van der Waals surface area contributed by atoms with E-state index in [-0.39, 0.29) is 56.9 Å². The zero-order valence-corrected chi connectivity index (χ0v) is 40.7. The highest BCUT2D eigenvalue weighted by atomic mass is 16.7. The molecule has 324 valence electrons. The second-order valence-electron chi connectivity index (χ2n) is 25.5. The molecule has 4 saturated heterocycles. The minimum Gasteiger partial charge on any atom is -0.377 e. The molecule has 4 rings (SSSR count). The van der Waals surface area contributed by atoms with Crippen molar-refractivity contribution in [3.05, 3.63) is 0 Å². The summed E-state index contributed by atoms with van der Waals surface area (Å²) in [6.45, 7) is 58.0. The van der Waals surface area contributed by atoms with Crippen LogP contribution in [0.1, 0.15) is 185 Å². The molecule has 8 atom stereocenters. The summed E-state index contributed by atoms with van der Waals surface area (Å²) in [4.78, 5) is 0. The molecule has 8 unspecified atom stereocenters. The van der Waals surface area contributed by atoms with Crippen LogP contribution in [0.3, 0.4) is 0 Å². The number of ether oxygens (including phenoxy) is 6. The third-order valence-electron chi connectivity index (χ3n) is 11.5. The molecule has 0 aromatic carbocycles. The molecule has 0 N–H and O–H groups in total. The lowest BCUT2D eigenvalue weighted by atomic mass is 9.67. The first kappa shape index (κ1) is 51.8. The van der Waals surface area contributed by atoms with Crippen molar-refractivity contribution in [3.63, 3.8) is 0 Å². The van der Waals surface area contributed by atoms with Gasteiger partial charge in [0.1, 0.15) is 6.79 Å². The molecular weight excluding hydrogens is 673 g/mol. The number of rotatable bonds is 0. The van der Waals surface area contributed by atoms with E-state index in [9.17, 15) is 0 Å². The van der Waals surface area contributed by atoms with E-state index >= 15 is 0 Å². The highest BCUT2D eigenvalue weighted by molar-refractivity contribution is 4.94. The van der Waals surface area contributed by atoms with E-state index in [1.807, 2.05) is 0 Å². The van der Waals surface area contributed by atoms with Crippen LogP contribution in [-0.4, -0.2) is 69.8 Å². The Morgan fingerprint density at radius 3 is 0.778 bits per heavy atom. The maximum absolute atomic E-state index is 5.98. The van der Waals surface area contributed by atoms with Crippen molar-refractivity contribution >= 4 is 0 Å². The summed E-state index contributed by atoms with van der Waals surface area (Å²) in [6.07, 6.45) is 5.49. The number of hydrogen-bond donors (Lipinski definition) is 0. The Labute approximate surface area is 338 Å². The Hall–Kier alpha value is -0.240. The van der Waals surface area contributed by atoms with Crippen molar-refractivity contribution in [1.82, 2.24) is 0 Å². The molecule has 0 aromatic heterocycles. The van der Waals surface area contributed by atoms with Crippen LogP contribution in [0, 0.1) is 55.2 Å². The van der Waals surface area contributed by atoms with Gasteiger partial charge in [0.15, 0.2) is 0 Å². The summed E-state index contributed by atoms with van der Waals surface area (Å²) >= 11 is 0. The Bertz CT molecular complexity index is 886. The smallest absolute Gasteiger partial charge is 0.147 e. The average molecular weight is 769 g/mol. The first-order valence-electron chi connectivity index (χ1n) is 21.6. The molecular formula is C48H96O6. The molecule has 6 heteroatoms. The molecule has 0 aliphatic carbocycles. The summed E-state index contributed by atoms with van der Waals surface area (Å²) < 4.78 is 34.8. The van der Waals surface area contributed by atoms with E-state index in [0.717, 1.165) is 26.4 Å². The predicted octanol–water partition coefficient (Wildman–Crippen LogP) is 13.0. The zero-order chi connectivity index (χ0) is 42.5. The number of hydrogen-bond acceptors (Lipinski definition) is 6. The van der Waals surface area contributed by atoms with E-state index in [1.54, 1.807) is 0 Å². The van der Waals surface area contributed by atoms with Gasteiger partial charge < -0.3 is 28.4 Å². The molecule has 4 fully saturated rings. The minimum absolute atomic E-state index is 0.151. The van der Waals surface area contributed by atoms with E-state index in [4.69, 9.17) is 28.4 Å². The first-order chi connectivity index (χ1) is 23.9. The molecule has 0 saturated carbocycles. The van der Waals surface area contributed by atoms with Gasteiger partial charge in [-0.15, -0.1) is 0 Å². The summed E-state index contributed by atoms with van der Waals surface area (Å²) in [5.74, 6) is 1.42. The van der Waals surface area contributed by atoms with Gasteiger partial charge in [-0.3, -0.25) is 0 Å². The van der Waals surface area contributed by atoms with E-state index in [1.165, 1.54) is 19.3 Å². The van der Waals surface area contributed by atoms with Crippen LogP contribution in [0.15, 0.2) is 0 Å². The van der Waals surface area contributed by atoms with Crippen LogP contribution in [0.4, 0.5) is 0 Å². The maximum atomic E-state index is 5.98. The van der Waals surface area contributed by atoms with Gasteiger partial charge in [0.05, 0.1) is 49.8 Å². The van der Waals surface area contributed by atoms with Gasteiger partial charge in [-0.2, -0.15) is 0 Å². The van der Waals surface area contributed by atoms with E-state index < -0.39 is 0 Å². The Kier molecular flexibility index (Phi) is 18.4. The quantitative estimate of drug-likeness (QED) is 0.245. The van der Waals surface area contributed by atoms with Crippen molar-refractivity contribution in [2.24, 2.45) is 55.2 Å². The fourth-order valence-corrected chi connectivity index (χ4v) is 8.55. The molecule has 54 heavy (non-hydrogen) atoms. The lowest BCUT2D eigenvalue weighted by molar-refractivity contribution is -0.204. The van der Waals surface area contributed by atoms with Crippen LogP contribution in [-0.2, 0) is 28.4 Å². The van der Waals surface area contributed by atoms with Crippen molar-refractivity contribution < 1.29 is 28.4 Å². The predicted molar refractivity (Wildman–Crippen MR) is 230 cm³/mol. The monoisotopic (exact) mass is 769 g/mol. The van der Waals surface area contributed by atoms with Crippen LogP contribution < -0.4 is 0 Å². The molecule has 4 aliphatic heterocycles. The summed E-state index contributed by atoms with van der Waals surface area (Å²) in [5.41, 5.74) is 1.94. The normalized spacial score (nSPS) is 30.7. The van der Waals surface area contributed by atoms with Gasteiger partial charge >= 0.3 is 0 Å². The fraction of sp³-hybridized carbons (Fsp3) is 1.00. The molecule has 0 bridgehead atoms. The highest BCUT2D eigenvalue weighted by Gasteiger charge is 2.46. The van der Waals surface area contributed by atoms with Crippen LogP contribution in [0.2, 0.25) is 0 Å². The van der Waals surface area contributed by atoms with Crippen molar-refractivity contribution in [1.29, 1.82) is 0 Å². The zero-order valence-electron chi connectivity index (χ0n) is 40.7. The molecule has 6 nitrogen and oxygen atoms in total. The second kappa shape index (κ2) is 19.2. The molecule has 0 spiro atoms. The van der Waals surface area contributed by atoms with Gasteiger partial charge in [0.2, 0.25) is 0 Å². The van der Waals surface area contributed by atoms with Crippen LogP contribution >= 0.6 is 0 Å². The molecule has 4 aliphatic rings. The Morgan fingerprint density at radius 2 is 0.519 bits per heavy atom. The standard InChI is InChI=1S/C13H26O.C12H24O2.C12H24O.C11H22O2/c1-12(2,3)10-8-7-9-14-11(10)13(4,5)6;1-11(2,3)9-10(12(4,5)6)14-8-7-13-9;1-11(2,3)9-7-8-13-10(9)12(4,5)6;1-10(2,3)8-9(11(4,5)6)13-7-12-8/h10-11H,7-9H2,1-6H3;9-10H,7-8H2,1-6H3;9-10H,7-8H2,1-6H3;8-9H,7H2,1-6H3. The van der Waals surface area contributed by atoms with E-state index in [2.05, 4.69) is 166 Å². The topological polar surface area (TPSA) is 55.4 Å². The van der Waals surface area contributed by atoms with Gasteiger partial charge in [-0.1, -0.05) is 166 Å². The second-order valence-corrected chi connectivity index (χ2v) is 25.5. The third-order valence-corrected chi connectivity index (χ3v) is 11.5. The summed E-state index contributed by atoms with van der Waals surface area (Å²) in [5, 5.41) is 0. The van der Waals surface area contributed by atoms with Gasteiger partial charge in [-0.05, 0) is 74.4 Å².